The van der Waals surface area contributed by atoms with Crippen LogP contribution in [0, 0.1) is 0 Å². The van der Waals surface area contributed by atoms with Crippen molar-refractivity contribution in [2.24, 2.45) is 0 Å². The normalized spacial score (nSPS) is 19.4. The van der Waals surface area contributed by atoms with Gasteiger partial charge in [-0.3, -0.25) is 0 Å². The van der Waals surface area contributed by atoms with Crippen LogP contribution in [-0.2, 0) is 14.0 Å². The van der Waals surface area contributed by atoms with E-state index in [9.17, 15) is 4.79 Å². The molecule has 0 atom stereocenters. The SMILES string of the molecule is CNc1cc(B2OC(C)(C)C(C)(C)O2)cc(C(=O)OC)c1. The monoisotopic (exact) mass is 291 g/mol. The number of rotatable bonds is 3. The maximum atomic E-state index is 11.8. The predicted molar refractivity (Wildman–Crippen MR) is 83.0 cm³/mol. The van der Waals surface area contributed by atoms with Crippen LogP contribution in [0.2, 0.25) is 0 Å². The molecule has 0 bridgehead atoms. The van der Waals surface area contributed by atoms with Crippen LogP contribution in [0.4, 0.5) is 5.69 Å². The third-order valence-electron chi connectivity index (χ3n) is 4.19. The molecule has 1 aromatic carbocycles. The molecule has 1 N–H and O–H groups in total. The topological polar surface area (TPSA) is 56.8 Å². The van der Waals surface area contributed by atoms with Gasteiger partial charge in [0.25, 0.3) is 0 Å². The van der Waals surface area contributed by atoms with Gasteiger partial charge in [0.05, 0.1) is 23.9 Å². The zero-order valence-corrected chi connectivity index (χ0v) is 13.4. The summed E-state index contributed by atoms with van der Waals surface area (Å²) in [5.41, 5.74) is 1.23. The number of methoxy groups -OCH3 is 1. The first kappa shape index (κ1) is 15.9. The second-order valence-corrected chi connectivity index (χ2v) is 6.17. The van der Waals surface area contributed by atoms with E-state index in [1.165, 1.54) is 7.11 Å². The van der Waals surface area contributed by atoms with Gasteiger partial charge in [0.15, 0.2) is 0 Å². The summed E-state index contributed by atoms with van der Waals surface area (Å²) in [4.78, 5) is 11.8. The number of esters is 1. The molecule has 114 valence electrons. The van der Waals surface area contributed by atoms with Gasteiger partial charge in [0.1, 0.15) is 0 Å². The number of benzene rings is 1. The Kier molecular flexibility index (Phi) is 4.04. The molecular formula is C15H22BNO4. The summed E-state index contributed by atoms with van der Waals surface area (Å²) in [6.45, 7) is 7.98. The van der Waals surface area contributed by atoms with Crippen LogP contribution in [0.1, 0.15) is 38.1 Å². The predicted octanol–water partition coefficient (Wildman–Crippen LogP) is 1.81. The largest absolute Gasteiger partial charge is 0.494 e. The van der Waals surface area contributed by atoms with Gasteiger partial charge in [-0.1, -0.05) is 0 Å². The van der Waals surface area contributed by atoms with Gasteiger partial charge < -0.3 is 19.4 Å². The second kappa shape index (κ2) is 5.35. The van der Waals surface area contributed by atoms with E-state index >= 15 is 0 Å². The number of anilines is 1. The van der Waals surface area contributed by atoms with Crippen molar-refractivity contribution in [2.45, 2.75) is 38.9 Å². The van der Waals surface area contributed by atoms with Crippen LogP contribution >= 0.6 is 0 Å². The highest BCUT2D eigenvalue weighted by molar-refractivity contribution is 6.62. The van der Waals surface area contributed by atoms with Gasteiger partial charge in [-0.25, -0.2) is 4.79 Å². The lowest BCUT2D eigenvalue weighted by atomic mass is 9.78. The molecule has 2 rings (SSSR count). The Balaban J connectivity index is 2.39. The highest BCUT2D eigenvalue weighted by atomic mass is 16.7. The summed E-state index contributed by atoms with van der Waals surface area (Å²) >= 11 is 0. The molecule has 6 heteroatoms. The fourth-order valence-corrected chi connectivity index (χ4v) is 2.15. The molecule has 21 heavy (non-hydrogen) atoms. The van der Waals surface area contributed by atoms with Crippen molar-refractivity contribution < 1.29 is 18.8 Å². The van der Waals surface area contributed by atoms with Crippen molar-refractivity contribution in [1.82, 2.24) is 0 Å². The van der Waals surface area contributed by atoms with Crippen LogP contribution in [0.15, 0.2) is 18.2 Å². The van der Waals surface area contributed by atoms with E-state index in [2.05, 4.69) is 5.32 Å². The summed E-state index contributed by atoms with van der Waals surface area (Å²) in [7, 11) is 2.65. The molecule has 0 saturated carbocycles. The molecule has 1 aliphatic rings. The van der Waals surface area contributed by atoms with E-state index in [1.54, 1.807) is 19.2 Å². The van der Waals surface area contributed by atoms with E-state index in [-0.39, 0.29) is 5.97 Å². The molecule has 1 saturated heterocycles. The van der Waals surface area contributed by atoms with E-state index in [0.717, 1.165) is 11.2 Å². The van der Waals surface area contributed by atoms with E-state index in [1.807, 2.05) is 33.8 Å². The van der Waals surface area contributed by atoms with Crippen molar-refractivity contribution in [2.75, 3.05) is 19.5 Å². The highest BCUT2D eigenvalue weighted by Crippen LogP contribution is 2.36. The molecule has 1 heterocycles. The minimum absolute atomic E-state index is 0.384. The molecule has 0 radical (unpaired) electrons. The molecule has 0 aromatic heterocycles. The Morgan fingerprint density at radius 1 is 1.14 bits per heavy atom. The lowest BCUT2D eigenvalue weighted by Crippen LogP contribution is -2.41. The lowest BCUT2D eigenvalue weighted by molar-refractivity contribution is 0.00578. The molecule has 5 nitrogen and oxygen atoms in total. The first-order valence-corrected chi connectivity index (χ1v) is 6.97. The fourth-order valence-electron chi connectivity index (χ4n) is 2.15. The maximum absolute atomic E-state index is 11.8. The first-order chi connectivity index (χ1) is 9.70. The molecule has 1 aromatic rings. The van der Waals surface area contributed by atoms with Gasteiger partial charge in [-0.15, -0.1) is 0 Å². The smallest absolute Gasteiger partial charge is 0.465 e. The molecular weight excluding hydrogens is 269 g/mol. The Labute approximate surface area is 126 Å². The van der Waals surface area contributed by atoms with Crippen LogP contribution in [0.3, 0.4) is 0 Å². The van der Waals surface area contributed by atoms with Gasteiger partial charge in [-0.05, 0) is 51.4 Å². The first-order valence-electron chi connectivity index (χ1n) is 6.97. The Bertz CT molecular complexity index is 541. The van der Waals surface area contributed by atoms with Crippen molar-refractivity contribution >= 4 is 24.2 Å². The van der Waals surface area contributed by atoms with Crippen molar-refractivity contribution in [3.05, 3.63) is 23.8 Å². The number of hydrogen-bond acceptors (Lipinski definition) is 5. The van der Waals surface area contributed by atoms with E-state index in [4.69, 9.17) is 14.0 Å². The number of ether oxygens (including phenoxy) is 1. The van der Waals surface area contributed by atoms with E-state index in [0.29, 0.717) is 5.56 Å². The van der Waals surface area contributed by atoms with Gasteiger partial charge in [0, 0.05) is 12.7 Å². The molecule has 0 spiro atoms. The Morgan fingerprint density at radius 2 is 1.71 bits per heavy atom. The summed E-state index contributed by atoms with van der Waals surface area (Å²) < 4.78 is 16.8. The molecule has 0 unspecified atom stereocenters. The van der Waals surface area contributed by atoms with Gasteiger partial charge in [0.2, 0.25) is 0 Å². The lowest BCUT2D eigenvalue weighted by Gasteiger charge is -2.32. The average Bonchev–Trinajstić information content (AvgIpc) is 2.66. The van der Waals surface area contributed by atoms with Gasteiger partial charge in [-0.2, -0.15) is 0 Å². The Morgan fingerprint density at radius 3 is 2.19 bits per heavy atom. The number of nitrogens with one attached hydrogen (secondary N) is 1. The van der Waals surface area contributed by atoms with Crippen molar-refractivity contribution in [3.8, 4) is 0 Å². The van der Waals surface area contributed by atoms with Crippen LogP contribution in [0.25, 0.3) is 0 Å². The molecule has 1 fully saturated rings. The summed E-state index contributed by atoms with van der Waals surface area (Å²) in [5, 5.41) is 3.03. The summed E-state index contributed by atoms with van der Waals surface area (Å²) in [5.74, 6) is -0.384. The van der Waals surface area contributed by atoms with E-state index < -0.39 is 18.3 Å². The molecule has 0 amide bonds. The summed E-state index contributed by atoms with van der Waals surface area (Å²) in [6, 6.07) is 5.39. The average molecular weight is 291 g/mol. The van der Waals surface area contributed by atoms with Crippen LogP contribution in [-0.4, -0.2) is 38.4 Å². The number of carbonyl (C=O) groups is 1. The zero-order chi connectivity index (χ0) is 15.8. The quantitative estimate of drug-likeness (QED) is 0.680. The number of hydrogen-bond donors (Lipinski definition) is 1. The standard InChI is InChI=1S/C15H22BNO4/c1-14(2)15(3,4)21-16(20-14)11-7-10(13(18)19-6)8-12(9-11)17-5/h7-9,17H,1-6H3. The zero-order valence-electron chi connectivity index (χ0n) is 13.4. The summed E-state index contributed by atoms with van der Waals surface area (Å²) in [6.07, 6.45) is 0. The fraction of sp³-hybridized carbons (Fsp3) is 0.533. The minimum atomic E-state index is -0.508. The maximum Gasteiger partial charge on any atom is 0.494 e. The minimum Gasteiger partial charge on any atom is -0.465 e. The van der Waals surface area contributed by atoms with Crippen LogP contribution < -0.4 is 10.8 Å². The van der Waals surface area contributed by atoms with Crippen molar-refractivity contribution in [1.29, 1.82) is 0 Å². The third kappa shape index (κ3) is 2.92. The Hall–Kier alpha value is -1.53. The molecule has 0 aliphatic carbocycles. The van der Waals surface area contributed by atoms with Gasteiger partial charge >= 0.3 is 13.1 Å². The van der Waals surface area contributed by atoms with Crippen molar-refractivity contribution in [3.63, 3.8) is 0 Å². The third-order valence-corrected chi connectivity index (χ3v) is 4.19. The second-order valence-electron chi connectivity index (χ2n) is 6.17. The van der Waals surface area contributed by atoms with Crippen LogP contribution in [0.5, 0.6) is 0 Å². The molecule has 1 aliphatic heterocycles. The highest BCUT2D eigenvalue weighted by Gasteiger charge is 2.51. The number of carbonyl (C=O) groups excluding carboxylic acids is 1.